The lowest BCUT2D eigenvalue weighted by molar-refractivity contribution is -0.126. The average molecular weight is 526 g/mol. The molecule has 2 atom stereocenters. The topological polar surface area (TPSA) is 66.5 Å². The monoisotopic (exact) mass is 525 g/mol. The van der Waals surface area contributed by atoms with Crippen LogP contribution in [0, 0.1) is 0 Å². The summed E-state index contributed by atoms with van der Waals surface area (Å²) in [6, 6.07) is 28.9. The van der Waals surface area contributed by atoms with E-state index < -0.39 is 5.92 Å². The second-order valence-corrected chi connectivity index (χ2v) is 9.13. The van der Waals surface area contributed by atoms with Crippen LogP contribution in [0.15, 0.2) is 91.0 Å². The third kappa shape index (κ3) is 5.08. The lowest BCUT2D eigenvalue weighted by Gasteiger charge is -2.48. The Hall–Kier alpha value is -4.65. The lowest BCUT2D eigenvalue weighted by Crippen LogP contribution is -2.53. The Bertz CT molecular complexity index is 1410. The number of rotatable bonds is 10. The van der Waals surface area contributed by atoms with Gasteiger partial charge in [-0.3, -0.25) is 4.79 Å². The Morgan fingerprint density at radius 3 is 1.97 bits per heavy atom. The number of nitrogens with zero attached hydrogens (tertiary/aromatic N) is 1. The summed E-state index contributed by atoms with van der Waals surface area (Å²) < 4.78 is 28.0. The fourth-order valence-corrected chi connectivity index (χ4v) is 4.99. The number of ether oxygens (including phenoxy) is 5. The molecular weight excluding hydrogens is 494 g/mol. The SMILES string of the molecule is COc1ccc(C2C(c3cccc(OCc4ccccc4)c3)C(=O)N2c2cc(OC)c(OC)c(OC)c2)cc1. The maximum absolute atomic E-state index is 13.9. The van der Waals surface area contributed by atoms with Crippen LogP contribution in [-0.2, 0) is 11.4 Å². The molecule has 39 heavy (non-hydrogen) atoms. The van der Waals surface area contributed by atoms with E-state index >= 15 is 0 Å². The highest BCUT2D eigenvalue weighted by Gasteiger charge is 2.50. The summed E-state index contributed by atoms with van der Waals surface area (Å²) in [5.74, 6) is 2.45. The molecule has 200 valence electrons. The van der Waals surface area contributed by atoms with Crippen molar-refractivity contribution in [2.45, 2.75) is 18.6 Å². The summed E-state index contributed by atoms with van der Waals surface area (Å²) in [6.07, 6.45) is 0. The minimum Gasteiger partial charge on any atom is -0.497 e. The Labute approximate surface area is 228 Å². The van der Waals surface area contributed by atoms with Gasteiger partial charge in [-0.1, -0.05) is 54.6 Å². The number of carbonyl (C=O) groups excluding carboxylic acids is 1. The van der Waals surface area contributed by atoms with E-state index in [1.54, 1.807) is 45.5 Å². The third-order valence-corrected chi connectivity index (χ3v) is 6.95. The summed E-state index contributed by atoms with van der Waals surface area (Å²) in [5.41, 5.74) is 3.59. The van der Waals surface area contributed by atoms with Gasteiger partial charge < -0.3 is 28.6 Å². The second kappa shape index (κ2) is 11.4. The van der Waals surface area contributed by atoms with Crippen molar-refractivity contribution in [1.29, 1.82) is 0 Å². The highest BCUT2D eigenvalue weighted by molar-refractivity contribution is 6.07. The van der Waals surface area contributed by atoms with Gasteiger partial charge in [0.25, 0.3) is 0 Å². The van der Waals surface area contributed by atoms with Crippen LogP contribution in [-0.4, -0.2) is 34.3 Å². The largest absolute Gasteiger partial charge is 0.497 e. The Morgan fingerprint density at radius 1 is 0.667 bits per heavy atom. The predicted molar refractivity (Wildman–Crippen MR) is 149 cm³/mol. The predicted octanol–water partition coefficient (Wildman–Crippen LogP) is 6.17. The van der Waals surface area contributed by atoms with Gasteiger partial charge in [-0.25, -0.2) is 0 Å². The molecule has 1 amide bonds. The van der Waals surface area contributed by atoms with Crippen LogP contribution >= 0.6 is 0 Å². The Kier molecular flexibility index (Phi) is 7.59. The van der Waals surface area contributed by atoms with Crippen molar-refractivity contribution < 1.29 is 28.5 Å². The molecule has 5 rings (SSSR count). The number of anilines is 1. The van der Waals surface area contributed by atoms with Gasteiger partial charge in [-0.2, -0.15) is 0 Å². The van der Waals surface area contributed by atoms with Gasteiger partial charge >= 0.3 is 0 Å². The molecule has 0 radical (unpaired) electrons. The van der Waals surface area contributed by atoms with Crippen molar-refractivity contribution in [1.82, 2.24) is 0 Å². The molecule has 0 spiro atoms. The van der Waals surface area contributed by atoms with Gasteiger partial charge in [-0.05, 0) is 41.0 Å². The maximum Gasteiger partial charge on any atom is 0.237 e. The molecule has 4 aromatic carbocycles. The van der Waals surface area contributed by atoms with Crippen LogP contribution in [0.3, 0.4) is 0 Å². The number of hydrogen-bond donors (Lipinski definition) is 0. The van der Waals surface area contributed by atoms with Crippen molar-refractivity contribution in [3.05, 3.63) is 108 Å². The highest BCUT2D eigenvalue weighted by Crippen LogP contribution is 2.52. The minimum absolute atomic E-state index is 0.0368. The van der Waals surface area contributed by atoms with Crippen molar-refractivity contribution in [2.75, 3.05) is 33.3 Å². The summed E-state index contributed by atoms with van der Waals surface area (Å²) in [5, 5.41) is 0. The standard InChI is InChI=1S/C32H31NO6/c1-35-25-15-13-22(14-16-25)30-29(23-11-8-12-26(17-23)39-20-21-9-6-5-7-10-21)32(34)33(30)24-18-27(36-2)31(38-4)28(19-24)37-3/h5-19,29-30H,20H2,1-4H3. The van der Waals surface area contributed by atoms with E-state index in [0.29, 0.717) is 35.3 Å². The van der Waals surface area contributed by atoms with Gasteiger partial charge in [-0.15, -0.1) is 0 Å². The van der Waals surface area contributed by atoms with Gasteiger partial charge in [0.2, 0.25) is 11.7 Å². The molecule has 1 aliphatic rings. The molecule has 1 fully saturated rings. The van der Waals surface area contributed by atoms with Gasteiger partial charge in [0.05, 0.1) is 46.1 Å². The van der Waals surface area contributed by atoms with E-state index in [1.165, 1.54) is 0 Å². The molecule has 0 saturated carbocycles. The normalized spacial score (nSPS) is 16.3. The summed E-state index contributed by atoms with van der Waals surface area (Å²) in [7, 11) is 6.30. The molecule has 1 saturated heterocycles. The van der Waals surface area contributed by atoms with Crippen LogP contribution in [0.25, 0.3) is 0 Å². The van der Waals surface area contributed by atoms with E-state index in [4.69, 9.17) is 23.7 Å². The number of benzene rings is 4. The first-order valence-corrected chi connectivity index (χ1v) is 12.6. The van der Waals surface area contributed by atoms with Gasteiger partial charge in [0.1, 0.15) is 18.1 Å². The fourth-order valence-electron chi connectivity index (χ4n) is 4.99. The van der Waals surface area contributed by atoms with Crippen LogP contribution in [0.5, 0.6) is 28.7 Å². The number of β-lactam (4-membered cyclic amide) rings is 1. The molecule has 2 unspecified atom stereocenters. The molecule has 1 aliphatic heterocycles. The van der Waals surface area contributed by atoms with Crippen molar-refractivity contribution in [3.63, 3.8) is 0 Å². The maximum atomic E-state index is 13.9. The van der Waals surface area contributed by atoms with Crippen molar-refractivity contribution >= 4 is 11.6 Å². The Morgan fingerprint density at radius 2 is 1.36 bits per heavy atom. The first-order valence-electron chi connectivity index (χ1n) is 12.6. The quantitative estimate of drug-likeness (QED) is 0.231. The Balaban J connectivity index is 1.51. The molecule has 0 aliphatic carbocycles. The van der Waals surface area contributed by atoms with Crippen molar-refractivity contribution in [3.8, 4) is 28.7 Å². The van der Waals surface area contributed by atoms with Crippen LogP contribution in [0.2, 0.25) is 0 Å². The first-order chi connectivity index (χ1) is 19.1. The molecular formula is C32H31NO6. The molecule has 0 bridgehead atoms. The lowest BCUT2D eigenvalue weighted by atomic mass is 9.77. The average Bonchev–Trinajstić information content (AvgIpc) is 2.99. The van der Waals surface area contributed by atoms with Crippen LogP contribution < -0.4 is 28.6 Å². The summed E-state index contributed by atoms with van der Waals surface area (Å²) >= 11 is 0. The molecule has 0 aromatic heterocycles. The zero-order valence-electron chi connectivity index (χ0n) is 22.4. The van der Waals surface area contributed by atoms with Gasteiger partial charge in [0.15, 0.2) is 11.5 Å². The number of methoxy groups -OCH3 is 4. The number of amides is 1. The first kappa shape index (κ1) is 26.0. The summed E-state index contributed by atoms with van der Waals surface area (Å²) in [6.45, 7) is 0.447. The zero-order valence-corrected chi connectivity index (χ0v) is 22.4. The van der Waals surface area contributed by atoms with E-state index in [0.717, 1.165) is 22.4 Å². The third-order valence-electron chi connectivity index (χ3n) is 6.95. The number of hydrogen-bond acceptors (Lipinski definition) is 6. The van der Waals surface area contributed by atoms with Crippen molar-refractivity contribution in [2.24, 2.45) is 0 Å². The molecule has 7 nitrogen and oxygen atoms in total. The fraction of sp³-hybridized carbons (Fsp3) is 0.219. The van der Waals surface area contributed by atoms with E-state index in [2.05, 4.69) is 0 Å². The number of carbonyl (C=O) groups is 1. The van der Waals surface area contributed by atoms with Crippen LogP contribution in [0.1, 0.15) is 28.7 Å². The zero-order chi connectivity index (χ0) is 27.4. The molecule has 1 heterocycles. The second-order valence-electron chi connectivity index (χ2n) is 9.13. The smallest absolute Gasteiger partial charge is 0.237 e. The van der Waals surface area contributed by atoms with E-state index in [1.807, 2.05) is 78.9 Å². The molecule has 4 aromatic rings. The van der Waals surface area contributed by atoms with E-state index in [-0.39, 0.29) is 11.9 Å². The van der Waals surface area contributed by atoms with Crippen LogP contribution in [0.4, 0.5) is 5.69 Å². The summed E-state index contributed by atoms with van der Waals surface area (Å²) in [4.78, 5) is 15.6. The molecule has 7 heteroatoms. The van der Waals surface area contributed by atoms with E-state index in [9.17, 15) is 4.79 Å². The minimum atomic E-state index is -0.405. The molecule has 0 N–H and O–H groups in total. The highest BCUT2D eigenvalue weighted by atomic mass is 16.5. The van der Waals surface area contributed by atoms with Gasteiger partial charge in [0, 0.05) is 12.1 Å².